The first-order valence-corrected chi connectivity index (χ1v) is 4.53. The van der Waals surface area contributed by atoms with Gasteiger partial charge in [-0.25, -0.2) is 0 Å². The summed E-state index contributed by atoms with van der Waals surface area (Å²) in [4.78, 5) is 15.1. The molecular weight excluding hydrogens is 168 g/mol. The minimum Gasteiger partial charge on any atom is -0.440 e. The number of allylic oxidation sites excluding steroid dienone is 1. The van der Waals surface area contributed by atoms with Crippen LogP contribution in [0.1, 0.15) is 13.8 Å². The van der Waals surface area contributed by atoms with E-state index in [1.54, 1.807) is 0 Å². The molecule has 3 aliphatic rings. The molecule has 0 aliphatic carbocycles. The Balaban J connectivity index is 2.07. The number of ether oxygens (including phenoxy) is 1. The molecule has 1 fully saturated rings. The Morgan fingerprint density at radius 3 is 2.85 bits per heavy atom. The molecule has 0 aromatic carbocycles. The van der Waals surface area contributed by atoms with Gasteiger partial charge in [0.2, 0.25) is 0 Å². The molecule has 0 aromatic rings. The predicted molar refractivity (Wildman–Crippen MR) is 47.6 cm³/mol. The number of piperazine rings is 1. The molecule has 4 nitrogen and oxygen atoms in total. The minimum atomic E-state index is -0.204. The number of esters is 1. The van der Waals surface area contributed by atoms with E-state index >= 15 is 0 Å². The van der Waals surface area contributed by atoms with Gasteiger partial charge in [-0.2, -0.15) is 0 Å². The van der Waals surface area contributed by atoms with E-state index in [4.69, 9.17) is 4.74 Å². The highest BCUT2D eigenvalue weighted by Crippen LogP contribution is 2.22. The second-order valence-electron chi connectivity index (χ2n) is 3.52. The smallest absolute Gasteiger partial charge is 0.304 e. The molecule has 0 saturated carbocycles. The van der Waals surface area contributed by atoms with Crippen molar-refractivity contribution >= 4 is 5.97 Å². The van der Waals surface area contributed by atoms with Crippen LogP contribution in [0.3, 0.4) is 0 Å². The highest BCUT2D eigenvalue weighted by atomic mass is 16.6. The highest BCUT2D eigenvalue weighted by Gasteiger charge is 2.31. The molecule has 0 spiro atoms. The third-order valence-corrected chi connectivity index (χ3v) is 2.53. The molecule has 1 atom stereocenters. The molecule has 13 heavy (non-hydrogen) atoms. The van der Waals surface area contributed by atoms with Crippen LogP contribution in [0.25, 0.3) is 0 Å². The topological polar surface area (TPSA) is 32.8 Å². The van der Waals surface area contributed by atoms with Gasteiger partial charge in [0, 0.05) is 31.9 Å². The van der Waals surface area contributed by atoms with Crippen molar-refractivity contribution in [3.8, 4) is 0 Å². The molecule has 0 aromatic heterocycles. The van der Waals surface area contributed by atoms with Crippen LogP contribution >= 0.6 is 0 Å². The minimum absolute atomic E-state index is 0.0741. The lowest BCUT2D eigenvalue weighted by molar-refractivity contribution is -0.160. The average Bonchev–Trinajstić information content (AvgIpc) is 2.05. The van der Waals surface area contributed by atoms with Gasteiger partial charge in [-0.3, -0.25) is 4.79 Å². The third-order valence-electron chi connectivity index (χ3n) is 2.53. The zero-order valence-corrected chi connectivity index (χ0v) is 7.99. The molecule has 1 unspecified atom stereocenters. The van der Waals surface area contributed by atoms with Crippen LogP contribution in [0.15, 0.2) is 11.9 Å². The van der Waals surface area contributed by atoms with Crippen molar-refractivity contribution in [1.82, 2.24) is 9.80 Å². The lowest BCUT2D eigenvalue weighted by atomic mass is 10.2. The van der Waals surface area contributed by atoms with Crippen molar-refractivity contribution in [3.05, 3.63) is 11.9 Å². The number of hydrogen-bond donors (Lipinski definition) is 0. The zero-order chi connectivity index (χ0) is 9.42. The Labute approximate surface area is 77.8 Å². The van der Waals surface area contributed by atoms with Gasteiger partial charge in [0.25, 0.3) is 0 Å². The van der Waals surface area contributed by atoms with Crippen molar-refractivity contribution < 1.29 is 9.53 Å². The van der Waals surface area contributed by atoms with E-state index in [2.05, 4.69) is 22.9 Å². The fraction of sp³-hybridized carbons (Fsp3) is 0.667. The number of carbonyl (C=O) groups excluding carboxylic acids is 1. The van der Waals surface area contributed by atoms with E-state index in [-0.39, 0.29) is 12.2 Å². The van der Waals surface area contributed by atoms with E-state index < -0.39 is 0 Å². The number of hydrogen-bond acceptors (Lipinski definition) is 4. The van der Waals surface area contributed by atoms with Crippen molar-refractivity contribution in [3.63, 3.8) is 0 Å². The molecule has 1 saturated heterocycles. The van der Waals surface area contributed by atoms with Crippen LogP contribution in [0.5, 0.6) is 0 Å². The van der Waals surface area contributed by atoms with Crippen molar-refractivity contribution in [2.75, 3.05) is 19.6 Å². The zero-order valence-electron chi connectivity index (χ0n) is 7.99. The Kier molecular flexibility index (Phi) is 1.90. The average molecular weight is 182 g/mol. The van der Waals surface area contributed by atoms with Gasteiger partial charge in [-0.05, 0) is 6.92 Å². The first-order chi connectivity index (χ1) is 6.16. The summed E-state index contributed by atoms with van der Waals surface area (Å²) in [5.41, 5.74) is 1.26. The Morgan fingerprint density at radius 2 is 2.38 bits per heavy atom. The molecule has 2 bridgehead atoms. The normalized spacial score (nSPS) is 26.0. The van der Waals surface area contributed by atoms with Gasteiger partial charge < -0.3 is 14.5 Å². The molecule has 3 rings (SSSR count). The first kappa shape index (κ1) is 8.41. The molecule has 3 heterocycles. The van der Waals surface area contributed by atoms with Crippen LogP contribution in [-0.4, -0.2) is 41.6 Å². The quantitative estimate of drug-likeness (QED) is 0.548. The molecule has 0 N–H and O–H groups in total. The number of carbonyl (C=O) groups is 1. The summed E-state index contributed by atoms with van der Waals surface area (Å²) >= 11 is 0. The summed E-state index contributed by atoms with van der Waals surface area (Å²) in [6.07, 6.45) is 1.98. The number of rotatable bonds is 1. The summed E-state index contributed by atoms with van der Waals surface area (Å²) in [5.74, 6) is -0.204. The monoisotopic (exact) mass is 182 g/mol. The highest BCUT2D eigenvalue weighted by molar-refractivity contribution is 5.66. The summed E-state index contributed by atoms with van der Waals surface area (Å²) in [7, 11) is 0. The maximum absolute atomic E-state index is 10.8. The third kappa shape index (κ3) is 1.48. The molecule has 72 valence electrons. The fourth-order valence-corrected chi connectivity index (χ4v) is 1.85. The maximum Gasteiger partial charge on any atom is 0.304 e. The van der Waals surface area contributed by atoms with Gasteiger partial charge in [0.15, 0.2) is 6.23 Å². The lowest BCUT2D eigenvalue weighted by Gasteiger charge is -2.46. The largest absolute Gasteiger partial charge is 0.440 e. The summed E-state index contributed by atoms with van der Waals surface area (Å²) < 4.78 is 5.17. The Hall–Kier alpha value is -1.19. The van der Waals surface area contributed by atoms with E-state index in [0.29, 0.717) is 0 Å². The van der Waals surface area contributed by atoms with E-state index in [9.17, 15) is 4.79 Å². The van der Waals surface area contributed by atoms with Crippen LogP contribution in [0.4, 0.5) is 0 Å². The standard InChI is InChI=1S/C9H14N2O2/c1-7-5-11-4-3-10(7)6-9(11)13-8(2)12/h5,9H,3-4,6H2,1-2H3. The van der Waals surface area contributed by atoms with E-state index in [0.717, 1.165) is 19.6 Å². The van der Waals surface area contributed by atoms with Crippen molar-refractivity contribution in [1.29, 1.82) is 0 Å². The van der Waals surface area contributed by atoms with Crippen LogP contribution in [-0.2, 0) is 9.53 Å². The second-order valence-corrected chi connectivity index (χ2v) is 3.52. The van der Waals surface area contributed by atoms with Crippen LogP contribution < -0.4 is 0 Å². The lowest BCUT2D eigenvalue weighted by Crippen LogP contribution is -2.55. The van der Waals surface area contributed by atoms with Gasteiger partial charge in [0.05, 0.1) is 6.54 Å². The van der Waals surface area contributed by atoms with Gasteiger partial charge >= 0.3 is 5.97 Å². The molecule has 3 aliphatic heterocycles. The van der Waals surface area contributed by atoms with Crippen molar-refractivity contribution in [2.24, 2.45) is 0 Å². The second kappa shape index (κ2) is 2.94. The SMILES string of the molecule is CC(=O)OC1CN2CCN1C=C2C. The van der Waals surface area contributed by atoms with E-state index in [1.165, 1.54) is 12.6 Å². The van der Waals surface area contributed by atoms with E-state index in [1.807, 2.05) is 0 Å². The molecule has 0 radical (unpaired) electrons. The van der Waals surface area contributed by atoms with Gasteiger partial charge in [0.1, 0.15) is 0 Å². The van der Waals surface area contributed by atoms with Crippen LogP contribution in [0, 0.1) is 0 Å². The molecule has 0 amide bonds. The predicted octanol–water partition coefficient (Wildman–Crippen LogP) is 0.368. The summed E-state index contributed by atoms with van der Waals surface area (Å²) in [5, 5.41) is 0. The molecular formula is C9H14N2O2. The maximum atomic E-state index is 10.8. The number of nitrogens with zero attached hydrogens (tertiary/aromatic N) is 2. The van der Waals surface area contributed by atoms with Gasteiger partial charge in [-0.1, -0.05) is 0 Å². The Bertz CT molecular complexity index is 262. The Morgan fingerprint density at radius 1 is 1.62 bits per heavy atom. The van der Waals surface area contributed by atoms with Crippen LogP contribution in [0.2, 0.25) is 0 Å². The van der Waals surface area contributed by atoms with Crippen molar-refractivity contribution in [2.45, 2.75) is 20.1 Å². The summed E-state index contributed by atoms with van der Waals surface area (Å²) in [6, 6.07) is 0. The number of fused-ring (bicyclic) bond motifs is 2. The fourth-order valence-electron chi connectivity index (χ4n) is 1.85. The summed E-state index contributed by atoms with van der Waals surface area (Å²) in [6.45, 7) is 6.34. The first-order valence-electron chi connectivity index (χ1n) is 4.53. The molecule has 4 heteroatoms. The van der Waals surface area contributed by atoms with Gasteiger partial charge in [-0.15, -0.1) is 0 Å².